The summed E-state index contributed by atoms with van der Waals surface area (Å²) in [6, 6.07) is 15.1. The van der Waals surface area contributed by atoms with Gasteiger partial charge < -0.3 is 25.6 Å². The maximum Gasteiger partial charge on any atom is 0.490 e. The summed E-state index contributed by atoms with van der Waals surface area (Å²) in [6.07, 6.45) is -3.15. The second kappa shape index (κ2) is 13.5. The van der Waals surface area contributed by atoms with Crippen LogP contribution in [0.25, 0.3) is 0 Å². The number of amidine groups is 1. The van der Waals surface area contributed by atoms with E-state index < -0.39 is 24.2 Å². The first-order chi connectivity index (χ1) is 18.9. The van der Waals surface area contributed by atoms with Crippen LogP contribution in [0.4, 0.5) is 18.9 Å². The van der Waals surface area contributed by atoms with Crippen LogP contribution in [0.2, 0.25) is 0 Å². The quantitative estimate of drug-likeness (QED) is 0.294. The largest absolute Gasteiger partial charge is 0.496 e. The fourth-order valence-electron chi connectivity index (χ4n) is 5.08. The second-order valence-electron chi connectivity index (χ2n) is 9.54. The molecule has 2 aliphatic rings. The van der Waals surface area contributed by atoms with Crippen molar-refractivity contribution in [3.05, 3.63) is 59.7 Å². The smallest absolute Gasteiger partial charge is 0.490 e. The number of nitrogens with one attached hydrogen (secondary N) is 1. The van der Waals surface area contributed by atoms with Gasteiger partial charge >= 0.3 is 18.1 Å². The molecule has 2 fully saturated rings. The lowest BCUT2D eigenvalue weighted by molar-refractivity contribution is -0.192. The predicted octanol–water partition coefficient (Wildman–Crippen LogP) is 3.02. The number of piperazine rings is 1. The maximum atomic E-state index is 12.1. The molecule has 2 aromatic rings. The monoisotopic (exact) mass is 565 g/mol. The van der Waals surface area contributed by atoms with Crippen LogP contribution in [0, 0.1) is 5.41 Å². The first-order valence-corrected chi connectivity index (χ1v) is 12.8. The number of para-hydroxylation sites is 1. The van der Waals surface area contributed by atoms with Gasteiger partial charge in [0.2, 0.25) is 0 Å². The number of hydrogen-bond donors (Lipinski definition) is 4. The number of likely N-dealkylation sites (tertiary alicyclic amines) is 1. The Morgan fingerprint density at radius 2 is 1.52 bits per heavy atom. The van der Waals surface area contributed by atoms with Crippen LogP contribution in [0.3, 0.4) is 0 Å². The van der Waals surface area contributed by atoms with Crippen LogP contribution in [0.15, 0.2) is 48.5 Å². The van der Waals surface area contributed by atoms with Crippen molar-refractivity contribution in [2.24, 2.45) is 5.73 Å². The van der Waals surface area contributed by atoms with Crippen LogP contribution in [-0.4, -0.2) is 96.4 Å². The molecule has 2 heterocycles. The van der Waals surface area contributed by atoms with Crippen LogP contribution >= 0.6 is 0 Å². The van der Waals surface area contributed by atoms with E-state index >= 15 is 0 Å². The SMILES string of the molecule is COc1ccccc1C(C(=O)O)N1CCC(N2CCN(c3ccc(C(=N)N)cc3)CC2)CC1.O=C(O)C(F)(F)F. The van der Waals surface area contributed by atoms with Crippen molar-refractivity contribution >= 4 is 23.5 Å². The Balaban J connectivity index is 0.000000559. The van der Waals surface area contributed by atoms with E-state index in [4.69, 9.17) is 25.8 Å². The van der Waals surface area contributed by atoms with Gasteiger partial charge in [-0.2, -0.15) is 13.2 Å². The number of carboxylic acid groups (broad SMARTS) is 2. The molecule has 40 heavy (non-hydrogen) atoms. The number of carboxylic acids is 2. The Bertz CT molecular complexity index is 1160. The third-order valence-corrected chi connectivity index (χ3v) is 7.15. The van der Waals surface area contributed by atoms with E-state index in [2.05, 4.69) is 14.7 Å². The van der Waals surface area contributed by atoms with E-state index in [1.54, 1.807) is 7.11 Å². The Morgan fingerprint density at radius 3 is 2.00 bits per heavy atom. The molecule has 218 valence electrons. The number of nitrogens with zero attached hydrogens (tertiary/aromatic N) is 3. The molecule has 13 heteroatoms. The van der Waals surface area contributed by atoms with Gasteiger partial charge in [-0.3, -0.25) is 20.0 Å². The number of halogens is 3. The van der Waals surface area contributed by atoms with Crippen LogP contribution in [0.1, 0.15) is 30.0 Å². The van der Waals surface area contributed by atoms with Crippen LogP contribution in [-0.2, 0) is 9.59 Å². The van der Waals surface area contributed by atoms with Crippen molar-refractivity contribution in [1.29, 1.82) is 5.41 Å². The van der Waals surface area contributed by atoms with Gasteiger partial charge in [0, 0.05) is 62.1 Å². The third-order valence-electron chi connectivity index (χ3n) is 7.15. The van der Waals surface area contributed by atoms with Crippen molar-refractivity contribution in [1.82, 2.24) is 9.80 Å². The highest BCUT2D eigenvalue weighted by atomic mass is 19.4. The number of nitrogens with two attached hydrogens (primary N) is 1. The topological polar surface area (TPSA) is 143 Å². The lowest BCUT2D eigenvalue weighted by Crippen LogP contribution is -2.54. The van der Waals surface area contributed by atoms with E-state index in [1.807, 2.05) is 48.5 Å². The molecule has 0 saturated carbocycles. The Morgan fingerprint density at radius 1 is 0.975 bits per heavy atom. The van der Waals surface area contributed by atoms with Gasteiger partial charge in [0.15, 0.2) is 0 Å². The normalized spacial score (nSPS) is 17.9. The van der Waals surface area contributed by atoms with Gasteiger partial charge in [-0.15, -0.1) is 0 Å². The minimum absolute atomic E-state index is 0.0913. The van der Waals surface area contributed by atoms with Crippen LogP contribution in [0.5, 0.6) is 5.75 Å². The van der Waals surface area contributed by atoms with Crippen molar-refractivity contribution < 1.29 is 37.7 Å². The summed E-state index contributed by atoms with van der Waals surface area (Å²) in [5.41, 5.74) is 8.18. The number of hydrogen-bond acceptors (Lipinski definition) is 7. The van der Waals surface area contributed by atoms with Crippen molar-refractivity contribution in [3.63, 3.8) is 0 Å². The third kappa shape index (κ3) is 7.85. The molecule has 10 nitrogen and oxygen atoms in total. The summed E-state index contributed by atoms with van der Waals surface area (Å²) in [5.74, 6) is -2.87. The lowest BCUT2D eigenvalue weighted by Gasteiger charge is -2.44. The number of benzene rings is 2. The lowest BCUT2D eigenvalue weighted by atomic mass is 9.97. The summed E-state index contributed by atoms with van der Waals surface area (Å²) >= 11 is 0. The molecule has 0 aliphatic carbocycles. The second-order valence-corrected chi connectivity index (χ2v) is 9.54. The molecular formula is C27H34F3N5O5. The molecule has 1 atom stereocenters. The fraction of sp³-hybridized carbons (Fsp3) is 0.444. The molecule has 0 bridgehead atoms. The fourth-order valence-corrected chi connectivity index (χ4v) is 5.08. The van der Waals surface area contributed by atoms with Crippen LogP contribution < -0.4 is 15.4 Å². The molecular weight excluding hydrogens is 531 g/mol. The summed E-state index contributed by atoms with van der Waals surface area (Å²) in [6.45, 7) is 5.41. The van der Waals surface area contributed by atoms with E-state index in [0.29, 0.717) is 11.8 Å². The highest BCUT2D eigenvalue weighted by molar-refractivity contribution is 5.95. The Kier molecular flexibility index (Phi) is 10.3. The van der Waals surface area contributed by atoms with Gasteiger partial charge in [0.25, 0.3) is 0 Å². The number of nitrogen functional groups attached to an aromatic ring is 1. The van der Waals surface area contributed by atoms with Gasteiger partial charge in [-0.25, -0.2) is 4.79 Å². The Labute approximate surface area is 230 Å². The van der Waals surface area contributed by atoms with Gasteiger partial charge in [-0.05, 0) is 43.2 Å². The molecule has 0 amide bonds. The van der Waals surface area contributed by atoms with Crippen molar-refractivity contribution in [3.8, 4) is 5.75 Å². The summed E-state index contributed by atoms with van der Waals surface area (Å²) in [4.78, 5) is 28.0. The molecule has 2 saturated heterocycles. The van der Waals surface area contributed by atoms with Crippen molar-refractivity contribution in [2.45, 2.75) is 31.1 Å². The average molecular weight is 566 g/mol. The number of aliphatic carboxylic acids is 2. The average Bonchev–Trinajstić information content (AvgIpc) is 2.93. The summed E-state index contributed by atoms with van der Waals surface area (Å²) < 4.78 is 37.2. The first kappa shape index (κ1) is 30.7. The first-order valence-electron chi connectivity index (χ1n) is 12.8. The minimum Gasteiger partial charge on any atom is -0.496 e. The minimum atomic E-state index is -5.08. The standard InChI is InChI=1S/C25H33N5O3.C2HF3O2/c1-33-22-5-3-2-4-21(22)23(25(31)32)30-12-10-20(11-13-30)29-16-14-28(15-17-29)19-8-6-18(7-9-19)24(26)27;3-2(4,5)1(6)7/h2-9,20,23H,10-17H2,1H3,(H3,26,27)(H,31,32);(H,6,7). The zero-order valence-electron chi connectivity index (χ0n) is 22.1. The summed E-state index contributed by atoms with van der Waals surface area (Å²) in [5, 5.41) is 24.6. The number of rotatable bonds is 7. The number of ether oxygens (including phenoxy) is 1. The number of piperidine rings is 1. The molecule has 1 unspecified atom stereocenters. The molecule has 0 aromatic heterocycles. The highest BCUT2D eigenvalue weighted by Gasteiger charge is 2.38. The number of methoxy groups -OCH3 is 1. The van der Waals surface area contributed by atoms with Gasteiger partial charge in [0.05, 0.1) is 7.11 Å². The predicted molar refractivity (Wildman–Crippen MR) is 143 cm³/mol. The number of alkyl halides is 3. The van der Waals surface area contributed by atoms with E-state index in [-0.39, 0.29) is 5.84 Å². The molecule has 4 rings (SSSR count). The van der Waals surface area contributed by atoms with Gasteiger partial charge in [-0.1, -0.05) is 18.2 Å². The highest BCUT2D eigenvalue weighted by Crippen LogP contribution is 2.32. The van der Waals surface area contributed by atoms with E-state index in [0.717, 1.165) is 68.9 Å². The number of carbonyl (C=O) groups is 2. The molecule has 0 spiro atoms. The molecule has 5 N–H and O–H groups in total. The zero-order chi connectivity index (χ0) is 29.4. The Hall–Kier alpha value is -3.84. The van der Waals surface area contributed by atoms with E-state index in [9.17, 15) is 23.1 Å². The molecule has 0 radical (unpaired) electrons. The zero-order valence-corrected chi connectivity index (χ0v) is 22.1. The summed E-state index contributed by atoms with van der Waals surface area (Å²) in [7, 11) is 1.58. The maximum absolute atomic E-state index is 12.1. The molecule has 2 aromatic carbocycles. The van der Waals surface area contributed by atoms with Gasteiger partial charge in [0.1, 0.15) is 17.6 Å². The molecule has 2 aliphatic heterocycles. The van der Waals surface area contributed by atoms with Crippen molar-refractivity contribution in [2.75, 3.05) is 51.3 Å². The van der Waals surface area contributed by atoms with E-state index in [1.165, 1.54) is 0 Å². The number of anilines is 1.